The Morgan fingerprint density at radius 2 is 1.00 bits per heavy atom. The first-order valence-electron chi connectivity index (χ1n) is 16.3. The monoisotopic (exact) mass is 572 g/mol. The van der Waals surface area contributed by atoms with E-state index >= 15 is 0 Å². The Morgan fingerprint density at radius 1 is 0.619 bits per heavy atom. The van der Waals surface area contributed by atoms with Gasteiger partial charge in [-0.15, -0.1) is 0 Å². The highest BCUT2D eigenvalue weighted by Gasteiger charge is 2.38. The van der Waals surface area contributed by atoms with Crippen LogP contribution < -0.4 is 0 Å². The highest BCUT2D eigenvalue weighted by atomic mass is 16.6. The first-order valence-corrected chi connectivity index (χ1v) is 16.3. The molecule has 1 N–H and O–H groups in total. The number of carbonyl (C=O) groups is 1. The molecule has 42 heavy (non-hydrogen) atoms. The molecule has 0 aliphatic carbocycles. The van der Waals surface area contributed by atoms with Crippen molar-refractivity contribution in [3.8, 4) is 0 Å². The van der Waals surface area contributed by atoms with E-state index in [2.05, 4.69) is 43.3 Å². The Labute approximate surface area is 254 Å². The van der Waals surface area contributed by atoms with E-state index in [0.717, 1.165) is 36.0 Å². The predicted octanol–water partition coefficient (Wildman–Crippen LogP) is 9.38. The number of aliphatic hydroxyl groups excluding tert-OH is 1. The molecule has 0 saturated heterocycles. The lowest BCUT2D eigenvalue weighted by Crippen LogP contribution is -2.38. The SMILES string of the molecule is CCCCCCCCCCCCCCCC(=O)OC(CO)COC(c1ccccc1)(c1ccccc1)c1ccccc1. The highest BCUT2D eigenvalue weighted by molar-refractivity contribution is 5.69. The van der Waals surface area contributed by atoms with Crippen molar-refractivity contribution >= 4 is 5.97 Å². The van der Waals surface area contributed by atoms with Crippen LogP contribution in [0.3, 0.4) is 0 Å². The van der Waals surface area contributed by atoms with Crippen molar-refractivity contribution in [2.45, 2.75) is 109 Å². The molecule has 4 nitrogen and oxygen atoms in total. The van der Waals surface area contributed by atoms with E-state index in [-0.39, 0.29) is 19.2 Å². The van der Waals surface area contributed by atoms with E-state index in [9.17, 15) is 9.90 Å². The summed E-state index contributed by atoms with van der Waals surface area (Å²) < 4.78 is 12.4. The third-order valence-electron chi connectivity index (χ3n) is 8.01. The largest absolute Gasteiger partial charge is 0.457 e. The summed E-state index contributed by atoms with van der Waals surface area (Å²) >= 11 is 0. The van der Waals surface area contributed by atoms with Crippen LogP contribution in [0.15, 0.2) is 91.0 Å². The summed E-state index contributed by atoms with van der Waals surface area (Å²) in [5.74, 6) is -0.273. The van der Waals surface area contributed by atoms with Gasteiger partial charge in [0.25, 0.3) is 0 Å². The molecule has 0 aromatic heterocycles. The normalized spacial score (nSPS) is 12.2. The van der Waals surface area contributed by atoms with Gasteiger partial charge < -0.3 is 14.6 Å². The molecular weight excluding hydrogens is 520 g/mol. The van der Waals surface area contributed by atoms with E-state index in [0.29, 0.717) is 6.42 Å². The van der Waals surface area contributed by atoms with Crippen molar-refractivity contribution < 1.29 is 19.4 Å². The molecule has 0 heterocycles. The van der Waals surface area contributed by atoms with Crippen molar-refractivity contribution in [1.29, 1.82) is 0 Å². The van der Waals surface area contributed by atoms with Gasteiger partial charge in [0.1, 0.15) is 11.7 Å². The number of unbranched alkanes of at least 4 members (excludes halogenated alkanes) is 12. The van der Waals surface area contributed by atoms with Crippen LogP contribution in [0.2, 0.25) is 0 Å². The maximum atomic E-state index is 12.7. The van der Waals surface area contributed by atoms with Crippen LogP contribution in [0.5, 0.6) is 0 Å². The maximum absolute atomic E-state index is 12.7. The molecule has 0 fully saturated rings. The van der Waals surface area contributed by atoms with Crippen LogP contribution in [0.4, 0.5) is 0 Å². The van der Waals surface area contributed by atoms with E-state index in [1.807, 2.05) is 54.6 Å². The minimum atomic E-state index is -0.918. The van der Waals surface area contributed by atoms with Crippen molar-refractivity contribution in [3.63, 3.8) is 0 Å². The molecule has 3 aromatic carbocycles. The van der Waals surface area contributed by atoms with Gasteiger partial charge in [0.15, 0.2) is 0 Å². The third-order valence-corrected chi connectivity index (χ3v) is 8.01. The fourth-order valence-electron chi connectivity index (χ4n) is 5.64. The fourth-order valence-corrected chi connectivity index (χ4v) is 5.64. The number of carbonyl (C=O) groups excluding carboxylic acids is 1. The second-order valence-electron chi connectivity index (χ2n) is 11.4. The molecule has 0 bridgehead atoms. The minimum Gasteiger partial charge on any atom is -0.457 e. The number of rotatable bonds is 22. The van der Waals surface area contributed by atoms with Crippen molar-refractivity contribution in [2.24, 2.45) is 0 Å². The van der Waals surface area contributed by atoms with E-state index in [1.165, 1.54) is 64.2 Å². The van der Waals surface area contributed by atoms with E-state index in [4.69, 9.17) is 9.47 Å². The lowest BCUT2D eigenvalue weighted by atomic mass is 9.80. The third kappa shape index (κ3) is 11.0. The summed E-state index contributed by atoms with van der Waals surface area (Å²) in [5.41, 5.74) is 1.99. The number of esters is 1. The first kappa shape index (κ1) is 33.6. The Bertz CT molecular complexity index is 987. The Kier molecular flexibility index (Phi) is 16.0. The lowest BCUT2D eigenvalue weighted by molar-refractivity contribution is -0.157. The van der Waals surface area contributed by atoms with Gasteiger partial charge in [0.2, 0.25) is 0 Å². The van der Waals surface area contributed by atoms with Crippen LogP contribution in [-0.2, 0) is 19.9 Å². The number of hydrogen-bond acceptors (Lipinski definition) is 4. The van der Waals surface area contributed by atoms with Gasteiger partial charge in [-0.25, -0.2) is 0 Å². The lowest BCUT2D eigenvalue weighted by Gasteiger charge is -2.36. The topological polar surface area (TPSA) is 55.8 Å². The van der Waals surface area contributed by atoms with Gasteiger partial charge in [-0.2, -0.15) is 0 Å². The summed E-state index contributed by atoms with van der Waals surface area (Å²) in [6.45, 7) is 2.04. The second kappa shape index (κ2) is 20.0. The number of ether oxygens (including phenoxy) is 2. The molecule has 3 rings (SSSR count). The van der Waals surface area contributed by atoms with Crippen LogP contribution in [-0.4, -0.2) is 30.4 Å². The Balaban J connectivity index is 1.47. The zero-order chi connectivity index (χ0) is 29.7. The average molecular weight is 573 g/mol. The van der Waals surface area contributed by atoms with Crippen molar-refractivity contribution in [2.75, 3.05) is 13.2 Å². The van der Waals surface area contributed by atoms with Crippen molar-refractivity contribution in [3.05, 3.63) is 108 Å². The Hall–Kier alpha value is -2.95. The van der Waals surface area contributed by atoms with Crippen molar-refractivity contribution in [1.82, 2.24) is 0 Å². The smallest absolute Gasteiger partial charge is 0.306 e. The first-order chi connectivity index (χ1) is 20.7. The molecule has 0 amide bonds. The molecule has 1 atom stereocenters. The zero-order valence-electron chi connectivity index (χ0n) is 25.7. The molecule has 1 unspecified atom stereocenters. The van der Waals surface area contributed by atoms with E-state index in [1.54, 1.807) is 0 Å². The van der Waals surface area contributed by atoms with Crippen LogP contribution in [0.1, 0.15) is 114 Å². The predicted molar refractivity (Wildman–Crippen MR) is 172 cm³/mol. The molecule has 3 aromatic rings. The van der Waals surface area contributed by atoms with Crippen LogP contribution in [0.25, 0.3) is 0 Å². The summed E-state index contributed by atoms with van der Waals surface area (Å²) in [6.07, 6.45) is 16.1. The van der Waals surface area contributed by atoms with Gasteiger partial charge in [-0.1, -0.05) is 175 Å². The molecule has 0 saturated carbocycles. The summed E-state index contributed by atoms with van der Waals surface area (Å²) in [4.78, 5) is 12.7. The standard InChI is InChI=1S/C38H52O4/c1-2-3-4-5-6-7-8-9-10-11-12-13-23-30-37(40)42-36(31-39)32-41-38(33-24-17-14-18-25-33,34-26-19-15-20-27-34)35-28-21-16-22-29-35/h14-22,24-29,36,39H,2-13,23,30-32H2,1H3. The number of hydrogen-bond donors (Lipinski definition) is 1. The number of benzene rings is 3. The highest BCUT2D eigenvalue weighted by Crippen LogP contribution is 2.40. The molecule has 0 aliphatic rings. The zero-order valence-corrected chi connectivity index (χ0v) is 25.7. The maximum Gasteiger partial charge on any atom is 0.306 e. The fraction of sp³-hybridized carbons (Fsp3) is 0.500. The molecule has 228 valence electrons. The second-order valence-corrected chi connectivity index (χ2v) is 11.4. The molecule has 0 aliphatic heterocycles. The summed E-state index contributed by atoms with van der Waals surface area (Å²) in [6, 6.07) is 30.2. The number of aliphatic hydroxyl groups is 1. The molecule has 0 radical (unpaired) electrons. The summed E-state index contributed by atoms with van der Waals surface area (Å²) in [5, 5.41) is 10.1. The molecule has 4 heteroatoms. The van der Waals surface area contributed by atoms with E-state index < -0.39 is 11.7 Å². The Morgan fingerprint density at radius 3 is 1.38 bits per heavy atom. The quantitative estimate of drug-likeness (QED) is 0.0740. The van der Waals surface area contributed by atoms with Crippen LogP contribution >= 0.6 is 0 Å². The van der Waals surface area contributed by atoms with Gasteiger partial charge in [0, 0.05) is 6.42 Å². The van der Waals surface area contributed by atoms with Crippen LogP contribution in [0, 0.1) is 0 Å². The van der Waals surface area contributed by atoms with Gasteiger partial charge in [-0.3, -0.25) is 4.79 Å². The average Bonchev–Trinajstić information content (AvgIpc) is 3.04. The molecule has 0 spiro atoms. The van der Waals surface area contributed by atoms with Gasteiger partial charge in [0.05, 0.1) is 13.2 Å². The van der Waals surface area contributed by atoms with Gasteiger partial charge in [-0.05, 0) is 23.1 Å². The molecular formula is C38H52O4. The minimum absolute atomic E-state index is 0.0690. The van der Waals surface area contributed by atoms with Gasteiger partial charge >= 0.3 is 5.97 Å². The summed E-state index contributed by atoms with van der Waals surface area (Å²) in [7, 11) is 0.